The topological polar surface area (TPSA) is 9.72 Å². The molecule has 9 aromatic rings. The molecular weight excluding hydrogens is 823 g/mol. The summed E-state index contributed by atoms with van der Waals surface area (Å²) in [7, 11) is 0. The largest absolute Gasteiger partial charge is 0.309 e. The number of fused-ring (bicyclic) bond motifs is 7. The number of hydrogen-bond donors (Lipinski definition) is 0. The minimum atomic E-state index is -0.170. The van der Waals surface area contributed by atoms with Crippen molar-refractivity contribution in [3.8, 4) is 22.3 Å². The predicted molar refractivity (Wildman–Crippen MR) is 290 cm³/mol. The lowest BCUT2D eigenvalue weighted by Gasteiger charge is -2.40. The Morgan fingerprint density at radius 3 is 1.37 bits per heavy atom. The third-order valence-corrected chi connectivity index (χ3v) is 14.4. The van der Waals surface area contributed by atoms with Crippen LogP contribution in [0, 0.1) is 6.92 Å². The Bertz CT molecular complexity index is 3400. The molecule has 0 atom stereocenters. The normalized spacial score (nSPS) is 14.0. The van der Waals surface area contributed by atoms with Gasteiger partial charge >= 0.3 is 0 Å². The maximum absolute atomic E-state index is 2.43. The summed E-state index contributed by atoms with van der Waals surface area (Å²) < 4.78 is 0. The van der Waals surface area contributed by atoms with Crippen LogP contribution in [0.2, 0.25) is 0 Å². The van der Waals surface area contributed by atoms with Crippen LogP contribution in [0.15, 0.2) is 200 Å². The van der Waals surface area contributed by atoms with Crippen LogP contribution in [0.1, 0.15) is 78.1 Å². The monoisotopic (exact) mass is 875 g/mol. The summed E-state index contributed by atoms with van der Waals surface area (Å²) >= 11 is 0. The van der Waals surface area contributed by atoms with E-state index in [9.17, 15) is 0 Å². The zero-order valence-corrected chi connectivity index (χ0v) is 39.3. The number of benzene rings is 9. The number of aryl methyl sites for hydroxylation is 1. The Hall–Kier alpha value is -8.14. The van der Waals surface area contributed by atoms with Crippen molar-refractivity contribution in [1.82, 2.24) is 0 Å². The molecule has 3 aliphatic rings. The van der Waals surface area contributed by atoms with E-state index >= 15 is 0 Å². The van der Waals surface area contributed by atoms with Crippen LogP contribution in [0.3, 0.4) is 0 Å². The lowest BCUT2D eigenvalue weighted by atomic mass is 9.81. The molecule has 0 radical (unpaired) electrons. The zero-order valence-electron chi connectivity index (χ0n) is 39.3. The van der Waals surface area contributed by atoms with E-state index in [0.29, 0.717) is 5.92 Å². The third-order valence-electron chi connectivity index (χ3n) is 14.4. The molecule has 68 heavy (non-hydrogen) atoms. The molecule has 9 aromatic carbocycles. The molecule has 0 saturated carbocycles. The fourth-order valence-corrected chi connectivity index (χ4v) is 11.0. The molecule has 3 heteroatoms. The van der Waals surface area contributed by atoms with Crippen LogP contribution in [0.25, 0.3) is 46.6 Å². The molecule has 0 bridgehead atoms. The minimum Gasteiger partial charge on any atom is -0.309 e. The lowest BCUT2D eigenvalue weighted by molar-refractivity contribution is 0.660. The molecule has 0 fully saturated rings. The fourth-order valence-electron chi connectivity index (χ4n) is 11.0. The summed E-state index contributed by atoms with van der Waals surface area (Å²) in [5, 5.41) is 0. The van der Waals surface area contributed by atoms with Gasteiger partial charge in [0, 0.05) is 22.5 Å². The van der Waals surface area contributed by atoms with E-state index in [1.165, 1.54) is 83.8 Å². The summed E-state index contributed by atoms with van der Waals surface area (Å²) in [5.41, 5.74) is 25.7. The van der Waals surface area contributed by atoms with Gasteiger partial charge in [0.05, 0.1) is 34.1 Å². The van der Waals surface area contributed by atoms with Crippen LogP contribution < -0.4 is 14.7 Å². The van der Waals surface area contributed by atoms with E-state index in [-0.39, 0.29) is 5.41 Å². The fraction of sp³-hybridized carbons (Fsp3) is 0.108. The van der Waals surface area contributed by atoms with Crippen molar-refractivity contribution in [2.75, 3.05) is 14.7 Å². The molecule has 328 valence electrons. The number of rotatable bonds is 7. The Morgan fingerprint density at radius 1 is 0.382 bits per heavy atom. The lowest BCUT2D eigenvalue weighted by Crippen LogP contribution is -2.23. The van der Waals surface area contributed by atoms with Gasteiger partial charge in [0.2, 0.25) is 0 Å². The van der Waals surface area contributed by atoms with Gasteiger partial charge in [-0.15, -0.1) is 0 Å². The van der Waals surface area contributed by atoms with Crippen LogP contribution in [-0.4, -0.2) is 0 Å². The van der Waals surface area contributed by atoms with Gasteiger partial charge < -0.3 is 14.7 Å². The molecule has 1 aliphatic carbocycles. The first-order chi connectivity index (χ1) is 33.2. The van der Waals surface area contributed by atoms with Crippen molar-refractivity contribution in [1.29, 1.82) is 0 Å². The second kappa shape index (κ2) is 16.3. The average molecular weight is 876 g/mol. The predicted octanol–water partition coefficient (Wildman–Crippen LogP) is 18.5. The Labute approximate surface area is 401 Å². The molecule has 12 rings (SSSR count). The second-order valence-electron chi connectivity index (χ2n) is 19.3. The van der Waals surface area contributed by atoms with Crippen LogP contribution in [0.5, 0.6) is 0 Å². The number of para-hydroxylation sites is 7. The van der Waals surface area contributed by atoms with Gasteiger partial charge in [-0.3, -0.25) is 0 Å². The standard InChI is InChI=1S/C65H53N3/c1-43(2)56-40-45(29-35-53(56)52-37-33-50(39-44(52)3)68-63-25-15-13-23-61(63)66(49-19-7-6-8-20-49)62-24-14-16-26-64(62)68)27-28-46-30-36-54-55-38-34-51(42-58(55)65(4,5)57(54)41-46)67-59-21-11-9-17-47(59)31-32-48-18-10-12-22-60(48)67/h6-43H,1-5H3. The highest BCUT2D eigenvalue weighted by atomic mass is 15.3. The van der Waals surface area contributed by atoms with Gasteiger partial charge in [-0.2, -0.15) is 0 Å². The Balaban J connectivity index is 0.835. The molecule has 2 heterocycles. The number of nitrogens with zero attached hydrogens (tertiary/aromatic N) is 3. The second-order valence-corrected chi connectivity index (χ2v) is 19.3. The molecule has 0 unspecified atom stereocenters. The quantitative estimate of drug-likeness (QED) is 0.148. The minimum absolute atomic E-state index is 0.170. The highest BCUT2D eigenvalue weighted by molar-refractivity contribution is 6.02. The summed E-state index contributed by atoms with van der Waals surface area (Å²) in [5.74, 6) is 0.346. The molecule has 2 aliphatic heterocycles. The number of anilines is 9. The first-order valence-corrected chi connectivity index (χ1v) is 23.9. The summed E-state index contributed by atoms with van der Waals surface area (Å²) in [6.45, 7) is 11.6. The highest BCUT2D eigenvalue weighted by Gasteiger charge is 2.37. The van der Waals surface area contributed by atoms with Crippen LogP contribution in [0.4, 0.5) is 51.2 Å². The maximum Gasteiger partial charge on any atom is 0.0703 e. The zero-order chi connectivity index (χ0) is 46.1. The van der Waals surface area contributed by atoms with Gasteiger partial charge in [-0.1, -0.05) is 179 Å². The number of hydrogen-bond acceptors (Lipinski definition) is 3. The summed E-state index contributed by atoms with van der Waals surface area (Å²) in [4.78, 5) is 7.22. The Morgan fingerprint density at radius 2 is 0.809 bits per heavy atom. The smallest absolute Gasteiger partial charge is 0.0703 e. The van der Waals surface area contributed by atoms with Crippen molar-refractivity contribution in [2.24, 2.45) is 0 Å². The molecule has 0 aromatic heterocycles. The van der Waals surface area contributed by atoms with E-state index in [2.05, 4.69) is 274 Å². The van der Waals surface area contributed by atoms with Crippen LogP contribution >= 0.6 is 0 Å². The maximum atomic E-state index is 2.43. The first kappa shape index (κ1) is 41.3. The molecule has 3 nitrogen and oxygen atoms in total. The third kappa shape index (κ3) is 6.80. The molecule has 0 amide bonds. The van der Waals surface area contributed by atoms with E-state index in [1.54, 1.807) is 0 Å². The summed E-state index contributed by atoms with van der Waals surface area (Å²) in [6, 6.07) is 73.6. The highest BCUT2D eigenvalue weighted by Crippen LogP contribution is 2.55. The van der Waals surface area contributed by atoms with Crippen molar-refractivity contribution >= 4 is 75.5 Å². The Kier molecular flexibility index (Phi) is 9.92. The van der Waals surface area contributed by atoms with E-state index in [0.717, 1.165) is 34.1 Å². The van der Waals surface area contributed by atoms with Gasteiger partial charge in [0.1, 0.15) is 0 Å². The van der Waals surface area contributed by atoms with Gasteiger partial charge in [0.25, 0.3) is 0 Å². The van der Waals surface area contributed by atoms with E-state index < -0.39 is 0 Å². The van der Waals surface area contributed by atoms with E-state index in [4.69, 9.17) is 0 Å². The summed E-state index contributed by atoms with van der Waals surface area (Å²) in [6.07, 6.45) is 9.05. The van der Waals surface area contributed by atoms with Gasteiger partial charge in [0.15, 0.2) is 0 Å². The molecule has 0 N–H and O–H groups in total. The van der Waals surface area contributed by atoms with Crippen molar-refractivity contribution in [3.63, 3.8) is 0 Å². The molecule has 0 saturated heterocycles. The average Bonchev–Trinajstić information content (AvgIpc) is 3.47. The molecule has 0 spiro atoms. The first-order valence-electron chi connectivity index (χ1n) is 23.9. The SMILES string of the molecule is Cc1cc(N2c3ccccc3N(c3ccccc3)c3ccccc32)ccc1-c1ccc(C=Cc2ccc3c(c2)C(C)(C)c2cc(N4c5ccccc5C=Cc5ccccc54)ccc2-3)cc1C(C)C. The van der Waals surface area contributed by atoms with E-state index in [1.807, 2.05) is 0 Å². The van der Waals surface area contributed by atoms with Crippen molar-refractivity contribution in [2.45, 2.75) is 46.0 Å². The van der Waals surface area contributed by atoms with Crippen LogP contribution in [-0.2, 0) is 5.41 Å². The van der Waals surface area contributed by atoms with Crippen molar-refractivity contribution in [3.05, 3.63) is 245 Å². The molecular formula is C65H53N3. The van der Waals surface area contributed by atoms with Crippen molar-refractivity contribution < 1.29 is 0 Å². The van der Waals surface area contributed by atoms with Gasteiger partial charge in [-0.25, -0.2) is 0 Å². The van der Waals surface area contributed by atoms with Gasteiger partial charge in [-0.05, 0) is 152 Å².